The fourth-order valence-electron chi connectivity index (χ4n) is 3.88. The lowest BCUT2D eigenvalue weighted by Gasteiger charge is -2.35. The third kappa shape index (κ3) is 2.62. The lowest BCUT2D eigenvalue weighted by molar-refractivity contribution is -0.118. The number of aliphatic hydroxyl groups excluding tert-OH is 1. The molecule has 1 atom stereocenters. The first-order chi connectivity index (χ1) is 11.9. The average molecular weight is 338 g/mol. The Morgan fingerprint density at radius 2 is 1.80 bits per heavy atom. The maximum absolute atomic E-state index is 13.9. The molecule has 3 nitrogen and oxygen atoms in total. The number of carbonyl (C=O) groups excluding carboxylic acids is 1. The highest BCUT2D eigenvalue weighted by molar-refractivity contribution is 5.99. The standard InChI is InChI=1S/C21H19FO3/c1-21(2)10-15(23)20(16(24)11-21)19-13-5-3-4-6-17(13)25-18-8-7-12(22)9-14(18)19/h3-9,19,23H,10-11H2,1-2H3. The van der Waals surface area contributed by atoms with Gasteiger partial charge in [-0.25, -0.2) is 4.39 Å². The van der Waals surface area contributed by atoms with Crippen LogP contribution in [0.15, 0.2) is 53.8 Å². The van der Waals surface area contributed by atoms with Crippen LogP contribution in [0, 0.1) is 11.2 Å². The molecular formula is C21H19FO3. The number of rotatable bonds is 1. The van der Waals surface area contributed by atoms with Gasteiger partial charge in [0.2, 0.25) is 0 Å². The summed E-state index contributed by atoms with van der Waals surface area (Å²) in [6.07, 6.45) is 0.787. The Hall–Kier alpha value is -2.62. The summed E-state index contributed by atoms with van der Waals surface area (Å²) in [7, 11) is 0. The maximum Gasteiger partial charge on any atom is 0.163 e. The van der Waals surface area contributed by atoms with Crippen molar-refractivity contribution in [2.24, 2.45) is 5.41 Å². The van der Waals surface area contributed by atoms with Gasteiger partial charge in [-0.05, 0) is 29.7 Å². The molecular weight excluding hydrogens is 319 g/mol. The van der Waals surface area contributed by atoms with E-state index in [0.717, 1.165) is 5.56 Å². The van der Waals surface area contributed by atoms with Gasteiger partial charge in [0.25, 0.3) is 0 Å². The molecule has 1 N–H and O–H groups in total. The first-order valence-electron chi connectivity index (χ1n) is 8.37. The number of benzene rings is 2. The number of aliphatic hydroxyl groups is 1. The van der Waals surface area contributed by atoms with Crippen molar-refractivity contribution in [2.45, 2.75) is 32.6 Å². The molecule has 0 fully saturated rings. The number of ketones is 1. The first kappa shape index (κ1) is 15.9. The molecule has 0 radical (unpaired) electrons. The number of hydrogen-bond acceptors (Lipinski definition) is 3. The van der Waals surface area contributed by atoms with E-state index < -0.39 is 11.7 Å². The average Bonchev–Trinajstić information content (AvgIpc) is 2.53. The normalized spacial score (nSPS) is 21.4. The molecule has 1 unspecified atom stereocenters. The minimum Gasteiger partial charge on any atom is -0.512 e. The van der Waals surface area contributed by atoms with E-state index in [4.69, 9.17) is 4.74 Å². The van der Waals surface area contributed by atoms with Gasteiger partial charge < -0.3 is 9.84 Å². The number of hydrogen-bond donors (Lipinski definition) is 1. The molecule has 128 valence electrons. The molecule has 4 rings (SSSR count). The fourth-order valence-corrected chi connectivity index (χ4v) is 3.88. The van der Waals surface area contributed by atoms with E-state index in [0.29, 0.717) is 35.5 Å². The molecule has 25 heavy (non-hydrogen) atoms. The van der Waals surface area contributed by atoms with E-state index in [1.54, 1.807) is 6.07 Å². The minimum absolute atomic E-state index is 0.0920. The molecule has 0 amide bonds. The minimum atomic E-state index is -0.515. The summed E-state index contributed by atoms with van der Waals surface area (Å²) in [5, 5.41) is 10.7. The van der Waals surface area contributed by atoms with Gasteiger partial charge in [-0.3, -0.25) is 4.79 Å². The van der Waals surface area contributed by atoms with Gasteiger partial charge in [0.1, 0.15) is 23.1 Å². The molecule has 0 saturated heterocycles. The van der Waals surface area contributed by atoms with Gasteiger partial charge >= 0.3 is 0 Å². The van der Waals surface area contributed by atoms with Crippen LogP contribution in [0.1, 0.15) is 43.7 Å². The van der Waals surface area contributed by atoms with Gasteiger partial charge in [0.05, 0.1) is 0 Å². The highest BCUT2D eigenvalue weighted by atomic mass is 19.1. The van der Waals surface area contributed by atoms with Crippen molar-refractivity contribution >= 4 is 5.78 Å². The van der Waals surface area contributed by atoms with Crippen LogP contribution in [0.3, 0.4) is 0 Å². The van der Waals surface area contributed by atoms with Gasteiger partial charge in [-0.2, -0.15) is 0 Å². The molecule has 2 aromatic rings. The van der Waals surface area contributed by atoms with E-state index in [1.165, 1.54) is 12.1 Å². The predicted octanol–water partition coefficient (Wildman–Crippen LogP) is 5.26. The molecule has 0 spiro atoms. The monoisotopic (exact) mass is 338 g/mol. The van der Waals surface area contributed by atoms with Crippen molar-refractivity contribution in [1.29, 1.82) is 0 Å². The highest BCUT2D eigenvalue weighted by Gasteiger charge is 2.40. The number of ether oxygens (including phenoxy) is 1. The van der Waals surface area contributed by atoms with Gasteiger partial charge in [-0.1, -0.05) is 32.0 Å². The molecule has 0 bridgehead atoms. The topological polar surface area (TPSA) is 46.5 Å². The predicted molar refractivity (Wildman–Crippen MR) is 92.4 cm³/mol. The first-order valence-corrected chi connectivity index (χ1v) is 8.37. The van der Waals surface area contributed by atoms with E-state index in [9.17, 15) is 14.3 Å². The van der Waals surface area contributed by atoms with E-state index in [-0.39, 0.29) is 17.0 Å². The number of carbonyl (C=O) groups is 1. The number of para-hydroxylation sites is 1. The zero-order valence-electron chi connectivity index (χ0n) is 14.2. The summed E-state index contributed by atoms with van der Waals surface area (Å²) in [6, 6.07) is 11.7. The fraction of sp³-hybridized carbons (Fsp3) is 0.286. The lowest BCUT2D eigenvalue weighted by atomic mass is 9.70. The number of fused-ring (bicyclic) bond motifs is 2. The maximum atomic E-state index is 13.9. The third-order valence-corrected chi connectivity index (χ3v) is 4.92. The molecule has 1 aliphatic heterocycles. The van der Waals surface area contributed by atoms with Crippen molar-refractivity contribution < 1.29 is 19.0 Å². The summed E-state index contributed by atoms with van der Waals surface area (Å²) in [5.74, 6) is 0.242. The lowest BCUT2D eigenvalue weighted by Crippen LogP contribution is -2.29. The van der Waals surface area contributed by atoms with Crippen LogP contribution in [-0.4, -0.2) is 10.9 Å². The summed E-state index contributed by atoms with van der Waals surface area (Å²) in [4.78, 5) is 12.9. The Morgan fingerprint density at radius 1 is 1.08 bits per heavy atom. The van der Waals surface area contributed by atoms with E-state index in [1.807, 2.05) is 38.1 Å². The van der Waals surface area contributed by atoms with Gasteiger partial charge in [0, 0.05) is 35.5 Å². The molecule has 0 saturated carbocycles. The Balaban J connectivity index is 1.96. The third-order valence-electron chi connectivity index (χ3n) is 4.92. The zero-order valence-corrected chi connectivity index (χ0v) is 14.2. The number of halogens is 1. The van der Waals surface area contributed by atoms with Crippen molar-refractivity contribution in [3.8, 4) is 11.5 Å². The number of allylic oxidation sites excluding steroid dienone is 2. The summed E-state index contributed by atoms with van der Waals surface area (Å²) in [5.41, 5.74) is 1.44. The van der Waals surface area contributed by atoms with Crippen LogP contribution in [0.4, 0.5) is 4.39 Å². The Labute approximate surface area is 145 Å². The quantitative estimate of drug-likeness (QED) is 0.771. The SMILES string of the molecule is CC1(C)CC(=O)C(C2c3ccccc3Oc3ccc(F)cc32)=C(O)C1. The Kier molecular flexibility index (Phi) is 3.46. The smallest absolute Gasteiger partial charge is 0.163 e. The largest absolute Gasteiger partial charge is 0.512 e. The van der Waals surface area contributed by atoms with Crippen LogP contribution in [0.2, 0.25) is 0 Å². The van der Waals surface area contributed by atoms with Crippen molar-refractivity contribution in [1.82, 2.24) is 0 Å². The van der Waals surface area contributed by atoms with Gasteiger partial charge in [0.15, 0.2) is 5.78 Å². The molecule has 2 aromatic carbocycles. The second-order valence-electron chi connectivity index (χ2n) is 7.56. The highest BCUT2D eigenvalue weighted by Crippen LogP contribution is 2.51. The summed E-state index contributed by atoms with van der Waals surface area (Å²) >= 11 is 0. The Bertz CT molecular complexity index is 911. The van der Waals surface area contributed by atoms with Crippen LogP contribution in [0.5, 0.6) is 11.5 Å². The summed E-state index contributed by atoms with van der Waals surface area (Å²) < 4.78 is 19.8. The zero-order chi connectivity index (χ0) is 17.8. The van der Waals surface area contributed by atoms with Crippen LogP contribution in [0.25, 0.3) is 0 Å². The second-order valence-corrected chi connectivity index (χ2v) is 7.56. The van der Waals surface area contributed by atoms with Crippen molar-refractivity contribution in [2.75, 3.05) is 0 Å². The summed E-state index contributed by atoms with van der Waals surface area (Å²) in [6.45, 7) is 3.92. The number of Topliss-reactive ketones (excluding diaryl/α,β-unsaturated/α-hetero) is 1. The van der Waals surface area contributed by atoms with E-state index in [2.05, 4.69) is 0 Å². The van der Waals surface area contributed by atoms with Crippen molar-refractivity contribution in [3.63, 3.8) is 0 Å². The van der Waals surface area contributed by atoms with Crippen LogP contribution in [-0.2, 0) is 4.79 Å². The van der Waals surface area contributed by atoms with Crippen LogP contribution < -0.4 is 4.74 Å². The Morgan fingerprint density at radius 3 is 2.56 bits per heavy atom. The molecule has 2 aliphatic rings. The molecule has 0 aromatic heterocycles. The van der Waals surface area contributed by atoms with Crippen LogP contribution >= 0.6 is 0 Å². The molecule has 1 heterocycles. The van der Waals surface area contributed by atoms with E-state index >= 15 is 0 Å². The second kappa shape index (κ2) is 5.45. The molecule has 4 heteroatoms. The molecule has 1 aliphatic carbocycles. The van der Waals surface area contributed by atoms with Gasteiger partial charge in [-0.15, -0.1) is 0 Å². The van der Waals surface area contributed by atoms with Crippen molar-refractivity contribution in [3.05, 3.63) is 70.7 Å².